The highest BCUT2D eigenvalue weighted by molar-refractivity contribution is 8.17. The maximum atomic E-state index is 11.8. The summed E-state index contributed by atoms with van der Waals surface area (Å²) >= 11 is 3.54. The Morgan fingerprint density at radius 1 is 1.00 bits per heavy atom. The molecular weight excluding hydrogens is 408 g/mol. The molecule has 0 N–H and O–H groups in total. The van der Waals surface area contributed by atoms with Crippen LogP contribution in [0.2, 0.25) is 0 Å². The number of esters is 3. The molecule has 4 unspecified atom stereocenters. The minimum atomic E-state index is -1.01. The van der Waals surface area contributed by atoms with E-state index in [9.17, 15) is 14.4 Å². The molecule has 0 amide bonds. The Labute approximate surface area is 173 Å². The van der Waals surface area contributed by atoms with E-state index in [0.717, 1.165) is 17.9 Å². The Bertz CT molecular complexity index is 576. The summed E-state index contributed by atoms with van der Waals surface area (Å²) in [6.07, 6.45) is -1.93. The van der Waals surface area contributed by atoms with E-state index in [-0.39, 0.29) is 17.3 Å². The van der Waals surface area contributed by atoms with Gasteiger partial charge in [0.15, 0.2) is 18.0 Å². The summed E-state index contributed by atoms with van der Waals surface area (Å²) in [4.78, 5) is 34.7. The third-order valence-corrected chi connectivity index (χ3v) is 7.10. The van der Waals surface area contributed by atoms with Crippen molar-refractivity contribution in [2.24, 2.45) is 0 Å². The van der Waals surface area contributed by atoms with Gasteiger partial charge < -0.3 is 23.7 Å². The van der Waals surface area contributed by atoms with Gasteiger partial charge in [-0.3, -0.25) is 14.4 Å². The van der Waals surface area contributed by atoms with E-state index in [2.05, 4.69) is 0 Å². The number of thioether (sulfide) groups is 2. The average Bonchev–Trinajstić information content (AvgIpc) is 2.92. The molecule has 0 saturated carbocycles. The van der Waals surface area contributed by atoms with Crippen LogP contribution in [0.4, 0.5) is 0 Å². The fourth-order valence-corrected chi connectivity index (χ4v) is 6.16. The molecular formula is C18H28O8S2. The third-order valence-electron chi connectivity index (χ3n) is 4.05. The molecule has 8 nitrogen and oxygen atoms in total. The molecule has 2 fully saturated rings. The first-order valence-corrected chi connectivity index (χ1v) is 11.3. The molecule has 0 bridgehead atoms. The van der Waals surface area contributed by atoms with E-state index in [1.807, 2.05) is 0 Å². The van der Waals surface area contributed by atoms with Crippen LogP contribution in [0.3, 0.4) is 0 Å². The molecule has 0 radical (unpaired) electrons. The quantitative estimate of drug-likeness (QED) is 0.436. The molecule has 10 heteroatoms. The second-order valence-electron chi connectivity index (χ2n) is 7.05. The van der Waals surface area contributed by atoms with Crippen LogP contribution in [0.25, 0.3) is 0 Å². The average molecular weight is 437 g/mol. The zero-order valence-electron chi connectivity index (χ0n) is 16.8. The van der Waals surface area contributed by atoms with Gasteiger partial charge in [-0.15, -0.1) is 23.5 Å². The molecule has 28 heavy (non-hydrogen) atoms. The Kier molecular flexibility index (Phi) is 8.47. The third kappa shape index (κ3) is 6.82. The molecule has 2 aliphatic heterocycles. The summed E-state index contributed by atoms with van der Waals surface area (Å²) in [6.45, 7) is 7.09. The Hall–Kier alpha value is -0.970. The molecule has 0 spiro atoms. The lowest BCUT2D eigenvalue weighted by molar-refractivity contribution is -0.194. The minimum absolute atomic E-state index is 0.0882. The van der Waals surface area contributed by atoms with Gasteiger partial charge in [0.1, 0.15) is 18.8 Å². The van der Waals surface area contributed by atoms with E-state index in [0.29, 0.717) is 0 Å². The van der Waals surface area contributed by atoms with Gasteiger partial charge >= 0.3 is 17.9 Å². The van der Waals surface area contributed by atoms with Gasteiger partial charge in [0.2, 0.25) is 0 Å². The maximum Gasteiger partial charge on any atom is 0.303 e. The predicted molar refractivity (Wildman–Crippen MR) is 105 cm³/mol. The van der Waals surface area contributed by atoms with Crippen LogP contribution < -0.4 is 0 Å². The zero-order chi connectivity index (χ0) is 20.9. The van der Waals surface area contributed by atoms with Crippen molar-refractivity contribution >= 4 is 41.4 Å². The minimum Gasteiger partial charge on any atom is -0.462 e. The first-order valence-electron chi connectivity index (χ1n) is 9.15. The summed E-state index contributed by atoms with van der Waals surface area (Å²) < 4.78 is 28.2. The fraction of sp³-hybridized carbons (Fsp3) is 0.833. The molecule has 0 aliphatic carbocycles. The summed E-state index contributed by atoms with van der Waals surface area (Å²) in [5.74, 6) is -0.550. The van der Waals surface area contributed by atoms with Gasteiger partial charge in [-0.2, -0.15) is 0 Å². The van der Waals surface area contributed by atoms with Crippen LogP contribution in [-0.4, -0.2) is 70.8 Å². The van der Waals surface area contributed by atoms with Crippen LogP contribution in [0.15, 0.2) is 0 Å². The molecule has 2 heterocycles. The van der Waals surface area contributed by atoms with Crippen molar-refractivity contribution in [3.8, 4) is 0 Å². The molecule has 2 saturated heterocycles. The lowest BCUT2D eigenvalue weighted by Gasteiger charge is -2.34. The number of carbonyl (C=O) groups is 3. The molecule has 160 valence electrons. The fourth-order valence-electron chi connectivity index (χ4n) is 3.13. The molecule has 4 atom stereocenters. The Balaban J connectivity index is 2.30. The van der Waals surface area contributed by atoms with Crippen LogP contribution in [-0.2, 0) is 38.1 Å². The number of rotatable bonds is 7. The largest absolute Gasteiger partial charge is 0.462 e. The first-order chi connectivity index (χ1) is 13.1. The second-order valence-corrected chi connectivity index (χ2v) is 9.85. The smallest absolute Gasteiger partial charge is 0.303 e. The summed E-state index contributed by atoms with van der Waals surface area (Å²) in [6, 6.07) is 0. The van der Waals surface area contributed by atoms with Crippen molar-refractivity contribution in [2.75, 3.05) is 18.1 Å². The van der Waals surface area contributed by atoms with E-state index in [1.54, 1.807) is 37.4 Å². The highest BCUT2D eigenvalue weighted by atomic mass is 32.2. The highest BCUT2D eigenvalue weighted by Crippen LogP contribution is 2.43. The number of hydrogen-bond donors (Lipinski definition) is 0. The van der Waals surface area contributed by atoms with Gasteiger partial charge in [-0.25, -0.2) is 0 Å². The number of ether oxygens (including phenoxy) is 5. The van der Waals surface area contributed by atoms with Gasteiger partial charge in [-0.05, 0) is 31.8 Å². The number of carbonyl (C=O) groups excluding carboxylic acids is 3. The molecule has 2 aliphatic rings. The van der Waals surface area contributed by atoms with Gasteiger partial charge in [0, 0.05) is 20.8 Å². The number of hydrogen-bond acceptors (Lipinski definition) is 10. The Morgan fingerprint density at radius 2 is 1.61 bits per heavy atom. The van der Waals surface area contributed by atoms with Gasteiger partial charge in [0.05, 0.1) is 4.58 Å². The first kappa shape index (κ1) is 23.3. The zero-order valence-corrected chi connectivity index (χ0v) is 18.4. The van der Waals surface area contributed by atoms with Crippen LogP contribution >= 0.6 is 23.5 Å². The van der Waals surface area contributed by atoms with Crippen molar-refractivity contribution in [3.63, 3.8) is 0 Å². The Morgan fingerprint density at radius 3 is 2.14 bits per heavy atom. The maximum absolute atomic E-state index is 11.8. The van der Waals surface area contributed by atoms with Gasteiger partial charge in [-0.1, -0.05) is 0 Å². The van der Waals surface area contributed by atoms with E-state index < -0.39 is 42.0 Å². The van der Waals surface area contributed by atoms with Gasteiger partial charge in [0.25, 0.3) is 0 Å². The van der Waals surface area contributed by atoms with Crippen LogP contribution in [0.5, 0.6) is 0 Å². The highest BCUT2D eigenvalue weighted by Gasteiger charge is 2.53. The summed E-state index contributed by atoms with van der Waals surface area (Å²) in [7, 11) is 0. The van der Waals surface area contributed by atoms with Crippen molar-refractivity contribution in [2.45, 2.75) is 75.8 Å². The summed E-state index contributed by atoms with van der Waals surface area (Å²) in [5, 5.41) is 0. The lowest BCUT2D eigenvalue weighted by atomic mass is 10.0. The lowest BCUT2D eigenvalue weighted by Crippen LogP contribution is -2.51. The topological polar surface area (TPSA) is 97.4 Å². The normalized spacial score (nSPS) is 26.9. The van der Waals surface area contributed by atoms with E-state index in [1.165, 1.54) is 20.8 Å². The van der Waals surface area contributed by atoms with Crippen molar-refractivity contribution < 1.29 is 38.1 Å². The second kappa shape index (κ2) is 10.2. The van der Waals surface area contributed by atoms with E-state index in [4.69, 9.17) is 23.7 Å². The molecule has 0 aromatic rings. The molecule has 2 rings (SSSR count). The van der Waals surface area contributed by atoms with Crippen molar-refractivity contribution in [3.05, 3.63) is 0 Å². The standard InChI is InChI=1S/C18H28O8S2/c1-10(19)22-9-13(23-11(2)20)14(24-12(3)21)15-16(26-18(4,5)25-15)17-27-7-6-8-28-17/h13-17H,6-9H2,1-5H3. The van der Waals surface area contributed by atoms with Crippen LogP contribution in [0.1, 0.15) is 41.0 Å². The molecule has 0 aromatic carbocycles. The summed E-state index contributed by atoms with van der Waals surface area (Å²) in [5.41, 5.74) is 0. The van der Waals surface area contributed by atoms with Crippen molar-refractivity contribution in [1.82, 2.24) is 0 Å². The molecule has 0 aromatic heterocycles. The SMILES string of the molecule is CC(=O)OCC(OC(C)=O)C(OC(C)=O)C1OC(C)(C)OC1C1SCCCS1. The van der Waals surface area contributed by atoms with Crippen LogP contribution in [0, 0.1) is 0 Å². The predicted octanol–water partition coefficient (Wildman–Crippen LogP) is 2.13. The van der Waals surface area contributed by atoms with Crippen molar-refractivity contribution in [1.29, 1.82) is 0 Å². The van der Waals surface area contributed by atoms with E-state index >= 15 is 0 Å². The monoisotopic (exact) mass is 436 g/mol.